The van der Waals surface area contributed by atoms with Crippen LogP contribution in [0.3, 0.4) is 0 Å². The highest BCUT2D eigenvalue weighted by atomic mass is 16.7. The summed E-state index contributed by atoms with van der Waals surface area (Å²) in [5.41, 5.74) is -0.885. The maximum Gasteiger partial charge on any atom is 0.333 e. The minimum Gasteiger partial charge on any atom is -0.422 e. The highest BCUT2D eigenvalue weighted by Gasteiger charge is 2.34. The number of ether oxygens (including phenoxy) is 2. The van der Waals surface area contributed by atoms with Crippen LogP contribution in [0.15, 0.2) is 25.3 Å². The summed E-state index contributed by atoms with van der Waals surface area (Å²) in [4.78, 5) is 22.6. The Morgan fingerprint density at radius 1 is 1.14 bits per heavy atom. The van der Waals surface area contributed by atoms with Gasteiger partial charge in [0.05, 0.1) is 13.2 Å². The lowest BCUT2D eigenvalue weighted by Crippen LogP contribution is -2.37. The number of aliphatic hydroxyl groups is 2. The van der Waals surface area contributed by atoms with Crippen molar-refractivity contribution in [2.45, 2.75) is 38.9 Å². The Morgan fingerprint density at radius 3 is 1.95 bits per heavy atom. The fourth-order valence-electron chi connectivity index (χ4n) is 1.81. The molecule has 0 amide bonds. The zero-order valence-electron chi connectivity index (χ0n) is 12.4. The summed E-state index contributed by atoms with van der Waals surface area (Å²) >= 11 is 0. The monoisotopic (exact) mass is 300 g/mol. The number of carbonyl (C=O) groups is 2. The number of carbonyl (C=O) groups excluding carboxylic acids is 2. The molecule has 0 aromatic rings. The van der Waals surface area contributed by atoms with Gasteiger partial charge in [-0.25, -0.2) is 9.59 Å². The van der Waals surface area contributed by atoms with Crippen molar-refractivity contribution in [2.24, 2.45) is 5.41 Å². The summed E-state index contributed by atoms with van der Waals surface area (Å²) in [6.45, 7) is 7.89. The highest BCUT2D eigenvalue weighted by Crippen LogP contribution is 2.31. The second kappa shape index (κ2) is 10.1. The largest absolute Gasteiger partial charge is 0.422 e. The molecule has 0 aromatic heterocycles. The van der Waals surface area contributed by atoms with Crippen LogP contribution in [-0.2, 0) is 19.1 Å². The summed E-state index contributed by atoms with van der Waals surface area (Å²) in [5.74, 6) is -1.51. The van der Waals surface area contributed by atoms with E-state index in [0.29, 0.717) is 6.42 Å². The normalized spacial score (nSPS) is 11.0. The lowest BCUT2D eigenvalue weighted by atomic mass is 9.81. The molecule has 0 aliphatic heterocycles. The number of hydrogen-bond donors (Lipinski definition) is 2. The van der Waals surface area contributed by atoms with E-state index >= 15 is 0 Å². The molecule has 0 unspecified atom stereocenters. The quantitative estimate of drug-likeness (QED) is 0.339. The van der Waals surface area contributed by atoms with Crippen LogP contribution in [0.5, 0.6) is 0 Å². The second-order valence-corrected chi connectivity index (χ2v) is 4.84. The van der Waals surface area contributed by atoms with Crippen LogP contribution >= 0.6 is 0 Å². The molecule has 2 N–H and O–H groups in total. The van der Waals surface area contributed by atoms with Gasteiger partial charge in [-0.05, 0) is 6.42 Å². The average Bonchev–Trinajstić information content (AvgIpc) is 2.50. The van der Waals surface area contributed by atoms with Gasteiger partial charge in [0.15, 0.2) is 0 Å². The Morgan fingerprint density at radius 2 is 1.62 bits per heavy atom. The van der Waals surface area contributed by atoms with Crippen molar-refractivity contribution in [3.8, 4) is 0 Å². The van der Waals surface area contributed by atoms with Crippen molar-refractivity contribution >= 4 is 11.9 Å². The molecule has 0 saturated heterocycles. The highest BCUT2D eigenvalue weighted by molar-refractivity contribution is 5.83. The molecule has 0 saturated carbocycles. The third-order valence-electron chi connectivity index (χ3n) is 3.16. The molecular weight excluding hydrogens is 276 g/mol. The molecule has 0 aliphatic carbocycles. The molecule has 6 heteroatoms. The maximum absolute atomic E-state index is 11.3. The van der Waals surface area contributed by atoms with Crippen molar-refractivity contribution in [1.29, 1.82) is 0 Å². The molecule has 21 heavy (non-hydrogen) atoms. The summed E-state index contributed by atoms with van der Waals surface area (Å²) in [5, 5.41) is 19.1. The molecular formula is C15H24O6. The van der Waals surface area contributed by atoms with E-state index in [0.717, 1.165) is 25.0 Å². The third-order valence-corrected chi connectivity index (χ3v) is 3.16. The van der Waals surface area contributed by atoms with Crippen molar-refractivity contribution < 1.29 is 29.3 Å². The first-order valence-corrected chi connectivity index (χ1v) is 6.84. The molecule has 0 heterocycles. The maximum atomic E-state index is 11.3. The van der Waals surface area contributed by atoms with E-state index in [9.17, 15) is 19.8 Å². The zero-order valence-corrected chi connectivity index (χ0v) is 12.4. The number of unbranched alkanes of at least 4 members (excludes halogenated alkanes) is 1. The van der Waals surface area contributed by atoms with Crippen LogP contribution in [0.25, 0.3) is 0 Å². The topological polar surface area (TPSA) is 93.1 Å². The lowest BCUT2D eigenvalue weighted by Gasteiger charge is -2.32. The number of hydrogen-bond acceptors (Lipinski definition) is 6. The Kier molecular flexibility index (Phi) is 9.32. The van der Waals surface area contributed by atoms with Crippen molar-refractivity contribution in [3.63, 3.8) is 0 Å². The summed E-state index contributed by atoms with van der Waals surface area (Å²) in [7, 11) is 0. The Labute approximate surface area is 125 Å². The molecule has 0 fully saturated rings. The molecule has 0 atom stereocenters. The van der Waals surface area contributed by atoms with E-state index in [1.165, 1.54) is 0 Å². The zero-order chi connectivity index (χ0) is 16.3. The van der Waals surface area contributed by atoms with Crippen molar-refractivity contribution in [2.75, 3.05) is 13.2 Å². The average molecular weight is 300 g/mol. The van der Waals surface area contributed by atoms with Gasteiger partial charge in [-0.1, -0.05) is 32.9 Å². The molecule has 120 valence electrons. The molecule has 0 bridgehead atoms. The third kappa shape index (κ3) is 7.06. The predicted molar refractivity (Wildman–Crippen MR) is 77.1 cm³/mol. The van der Waals surface area contributed by atoms with E-state index in [-0.39, 0.29) is 19.6 Å². The van der Waals surface area contributed by atoms with E-state index in [4.69, 9.17) is 9.47 Å². The van der Waals surface area contributed by atoms with Gasteiger partial charge in [0.1, 0.15) is 0 Å². The van der Waals surface area contributed by atoms with Crippen LogP contribution in [0.2, 0.25) is 0 Å². The second-order valence-electron chi connectivity index (χ2n) is 4.84. The van der Waals surface area contributed by atoms with Crippen molar-refractivity contribution in [1.82, 2.24) is 0 Å². The van der Waals surface area contributed by atoms with Gasteiger partial charge in [-0.3, -0.25) is 0 Å². The minimum atomic E-state index is -1.21. The SMILES string of the molecule is C=CC(=O)OC(CC(CO)(CO)CCCC)OC(=O)C=C. The van der Waals surface area contributed by atoms with Crippen LogP contribution in [0.1, 0.15) is 32.6 Å². The summed E-state index contributed by atoms with van der Waals surface area (Å²) < 4.78 is 9.88. The van der Waals surface area contributed by atoms with E-state index in [1.807, 2.05) is 6.92 Å². The summed E-state index contributed by atoms with van der Waals surface area (Å²) in [6.07, 6.45) is 2.85. The van der Waals surface area contributed by atoms with Crippen LogP contribution in [-0.4, -0.2) is 41.7 Å². The number of rotatable bonds is 11. The molecule has 0 aliphatic rings. The first kappa shape index (κ1) is 19.3. The van der Waals surface area contributed by atoms with E-state index < -0.39 is 23.6 Å². The van der Waals surface area contributed by atoms with Gasteiger partial charge in [-0.2, -0.15) is 0 Å². The first-order valence-electron chi connectivity index (χ1n) is 6.84. The molecule has 0 rings (SSSR count). The van der Waals surface area contributed by atoms with Gasteiger partial charge < -0.3 is 19.7 Å². The van der Waals surface area contributed by atoms with Gasteiger partial charge >= 0.3 is 11.9 Å². The fourth-order valence-corrected chi connectivity index (χ4v) is 1.81. The standard InChI is InChI=1S/C15H24O6/c1-4-7-8-15(10-16,11-17)9-14(20-12(18)5-2)21-13(19)6-3/h5-6,14,16-17H,2-4,7-11H2,1H3. The van der Waals surface area contributed by atoms with Gasteiger partial charge in [0.2, 0.25) is 6.29 Å². The van der Waals surface area contributed by atoms with E-state index in [2.05, 4.69) is 13.2 Å². The molecule has 6 nitrogen and oxygen atoms in total. The number of aliphatic hydroxyl groups excluding tert-OH is 2. The van der Waals surface area contributed by atoms with E-state index in [1.54, 1.807) is 0 Å². The summed E-state index contributed by atoms with van der Waals surface area (Å²) in [6, 6.07) is 0. The van der Waals surface area contributed by atoms with Crippen molar-refractivity contribution in [3.05, 3.63) is 25.3 Å². The Balaban J connectivity index is 5.00. The molecule has 0 aromatic carbocycles. The molecule has 0 radical (unpaired) electrons. The first-order chi connectivity index (χ1) is 9.96. The van der Waals surface area contributed by atoms with Crippen LogP contribution in [0.4, 0.5) is 0 Å². The Hall–Kier alpha value is -1.66. The molecule has 0 spiro atoms. The van der Waals surface area contributed by atoms with Gasteiger partial charge in [0.25, 0.3) is 0 Å². The fraction of sp³-hybridized carbons (Fsp3) is 0.600. The minimum absolute atomic E-state index is 0.000833. The Bertz CT molecular complexity index is 337. The predicted octanol–water partition coefficient (Wildman–Crippen LogP) is 1.32. The van der Waals surface area contributed by atoms with Crippen LogP contribution < -0.4 is 0 Å². The van der Waals surface area contributed by atoms with Crippen LogP contribution in [0, 0.1) is 5.41 Å². The lowest BCUT2D eigenvalue weighted by molar-refractivity contribution is -0.189. The smallest absolute Gasteiger partial charge is 0.333 e. The van der Waals surface area contributed by atoms with Gasteiger partial charge in [-0.15, -0.1) is 0 Å². The number of esters is 2. The van der Waals surface area contributed by atoms with Gasteiger partial charge in [0, 0.05) is 24.0 Å².